The number of aromatic nitrogens is 2. The third kappa shape index (κ3) is 2.19. The minimum atomic E-state index is 0.326. The van der Waals surface area contributed by atoms with Crippen LogP contribution in [0.25, 0.3) is 0 Å². The molecule has 4 atom stereocenters. The van der Waals surface area contributed by atoms with Crippen molar-refractivity contribution < 1.29 is 4.52 Å². The van der Waals surface area contributed by atoms with Crippen molar-refractivity contribution in [3.05, 3.63) is 46.0 Å². The number of halogens is 1. The molecule has 2 saturated carbocycles. The summed E-state index contributed by atoms with van der Waals surface area (Å²) in [5, 5.41) is 4.12. The van der Waals surface area contributed by atoms with E-state index in [1.165, 1.54) is 12.0 Å². The fourth-order valence-electron chi connectivity index (χ4n) is 3.39. The number of benzene rings is 1. The number of hydrogen-bond acceptors (Lipinski definition) is 4. The van der Waals surface area contributed by atoms with E-state index < -0.39 is 0 Å². The van der Waals surface area contributed by atoms with Gasteiger partial charge in [0.05, 0.1) is 0 Å². The van der Waals surface area contributed by atoms with Gasteiger partial charge in [-0.25, -0.2) is 0 Å². The zero-order chi connectivity index (χ0) is 13.7. The Labute approximate surface area is 125 Å². The molecule has 2 aliphatic carbocycles. The third-order valence-corrected chi connectivity index (χ3v) is 5.09. The van der Waals surface area contributed by atoms with Crippen molar-refractivity contribution in [3.63, 3.8) is 0 Å². The second-order valence-electron chi connectivity index (χ2n) is 5.92. The summed E-state index contributed by atoms with van der Waals surface area (Å²) in [7, 11) is 0. The first-order valence-corrected chi connectivity index (χ1v) is 7.82. The number of nitrogens with two attached hydrogens (primary N) is 1. The van der Waals surface area contributed by atoms with Crippen molar-refractivity contribution in [3.8, 4) is 0 Å². The summed E-state index contributed by atoms with van der Waals surface area (Å²) < 4.78 is 6.54. The van der Waals surface area contributed by atoms with Crippen molar-refractivity contribution in [2.45, 2.75) is 31.2 Å². The fourth-order valence-corrected chi connectivity index (χ4v) is 3.66. The Morgan fingerprint density at radius 3 is 2.65 bits per heavy atom. The molecule has 4 nitrogen and oxygen atoms in total. The quantitative estimate of drug-likeness (QED) is 0.937. The maximum atomic E-state index is 6.10. The lowest BCUT2D eigenvalue weighted by Crippen LogP contribution is -2.19. The molecule has 1 aromatic carbocycles. The predicted molar refractivity (Wildman–Crippen MR) is 78.2 cm³/mol. The molecular weight excluding hydrogens is 318 g/mol. The van der Waals surface area contributed by atoms with E-state index in [9.17, 15) is 0 Å². The molecule has 0 bridgehead atoms. The molecule has 0 amide bonds. The van der Waals surface area contributed by atoms with Crippen LogP contribution in [0.15, 0.2) is 33.3 Å². The Morgan fingerprint density at radius 1 is 1.20 bits per heavy atom. The molecule has 2 fully saturated rings. The molecule has 0 unspecified atom stereocenters. The Hall–Kier alpha value is -1.20. The largest absolute Gasteiger partial charge is 0.339 e. The molecule has 2 aromatic rings. The summed E-state index contributed by atoms with van der Waals surface area (Å²) in [4.78, 5) is 4.58. The third-order valence-electron chi connectivity index (χ3n) is 4.56. The summed E-state index contributed by atoms with van der Waals surface area (Å²) in [5.41, 5.74) is 7.29. The molecule has 0 spiro atoms. The number of fused-ring (bicyclic) bond motifs is 1. The SMILES string of the molecule is N[C@@H]1C[C@H](c2nc(Cc3ccc(Br)cc3)no2)[C@H]2C[C@H]21. The minimum absolute atomic E-state index is 0.326. The summed E-state index contributed by atoms with van der Waals surface area (Å²) >= 11 is 3.43. The van der Waals surface area contributed by atoms with Gasteiger partial charge in [0.1, 0.15) is 0 Å². The first-order chi connectivity index (χ1) is 9.70. The highest BCUT2D eigenvalue weighted by atomic mass is 79.9. The van der Waals surface area contributed by atoms with Crippen LogP contribution in [0.3, 0.4) is 0 Å². The average Bonchev–Trinajstić information content (AvgIpc) is 2.99. The minimum Gasteiger partial charge on any atom is -0.339 e. The maximum Gasteiger partial charge on any atom is 0.230 e. The van der Waals surface area contributed by atoms with Crippen LogP contribution in [-0.4, -0.2) is 16.2 Å². The second kappa shape index (κ2) is 4.67. The first kappa shape index (κ1) is 12.5. The molecule has 1 heterocycles. The van der Waals surface area contributed by atoms with Crippen molar-refractivity contribution in [2.75, 3.05) is 0 Å². The molecule has 5 heteroatoms. The van der Waals surface area contributed by atoms with Crippen LogP contribution in [0.4, 0.5) is 0 Å². The van der Waals surface area contributed by atoms with E-state index in [-0.39, 0.29) is 0 Å². The molecular formula is C15H16BrN3O. The fraction of sp³-hybridized carbons (Fsp3) is 0.467. The van der Waals surface area contributed by atoms with Crippen molar-refractivity contribution >= 4 is 15.9 Å². The van der Waals surface area contributed by atoms with Crippen LogP contribution in [-0.2, 0) is 6.42 Å². The summed E-state index contributed by atoms with van der Waals surface area (Å²) in [6.07, 6.45) is 2.94. The van der Waals surface area contributed by atoms with Gasteiger partial charge in [-0.15, -0.1) is 0 Å². The van der Waals surface area contributed by atoms with Gasteiger partial charge in [0.2, 0.25) is 5.89 Å². The topological polar surface area (TPSA) is 64.9 Å². The van der Waals surface area contributed by atoms with Gasteiger partial charge in [-0.05, 0) is 42.4 Å². The van der Waals surface area contributed by atoms with Crippen molar-refractivity contribution in [1.29, 1.82) is 0 Å². The summed E-state index contributed by atoms with van der Waals surface area (Å²) in [5.74, 6) is 3.33. The highest BCUT2D eigenvalue weighted by Gasteiger charge is 2.55. The van der Waals surface area contributed by atoms with E-state index in [4.69, 9.17) is 10.3 Å². The molecule has 0 saturated heterocycles. The number of hydrogen-bond donors (Lipinski definition) is 1. The van der Waals surface area contributed by atoms with E-state index >= 15 is 0 Å². The molecule has 2 N–H and O–H groups in total. The van der Waals surface area contributed by atoms with Gasteiger partial charge in [0.15, 0.2) is 5.82 Å². The lowest BCUT2D eigenvalue weighted by atomic mass is 10.0. The van der Waals surface area contributed by atoms with E-state index in [0.717, 1.165) is 22.6 Å². The summed E-state index contributed by atoms with van der Waals surface area (Å²) in [6, 6.07) is 8.53. The van der Waals surface area contributed by atoms with Gasteiger partial charge in [-0.2, -0.15) is 4.98 Å². The number of rotatable bonds is 3. The van der Waals surface area contributed by atoms with Gasteiger partial charge in [0.25, 0.3) is 0 Å². The highest BCUT2D eigenvalue weighted by Crippen LogP contribution is 2.58. The van der Waals surface area contributed by atoms with Gasteiger partial charge in [0, 0.05) is 22.9 Å². The molecule has 0 aliphatic heterocycles. The second-order valence-corrected chi connectivity index (χ2v) is 6.84. The molecule has 1 aromatic heterocycles. The van der Waals surface area contributed by atoms with Crippen LogP contribution < -0.4 is 5.73 Å². The van der Waals surface area contributed by atoms with Crippen LogP contribution in [0.2, 0.25) is 0 Å². The standard InChI is InChI=1S/C15H16BrN3O/c16-9-3-1-8(2-4-9)5-14-18-15(20-19-14)12-7-13(17)11-6-10(11)12/h1-4,10-13H,5-7,17H2/t10-,11+,12-,13+/m0/s1. The average molecular weight is 334 g/mol. The Balaban J connectivity index is 1.49. The zero-order valence-corrected chi connectivity index (χ0v) is 12.6. The van der Waals surface area contributed by atoms with Gasteiger partial charge in [-0.1, -0.05) is 33.2 Å². The maximum absolute atomic E-state index is 6.10. The van der Waals surface area contributed by atoms with Crippen LogP contribution in [0.1, 0.15) is 36.0 Å². The molecule has 0 radical (unpaired) electrons. The monoisotopic (exact) mass is 333 g/mol. The van der Waals surface area contributed by atoms with Gasteiger partial charge in [-0.3, -0.25) is 0 Å². The normalized spacial score (nSPS) is 31.3. The van der Waals surface area contributed by atoms with E-state index in [1.54, 1.807) is 0 Å². The van der Waals surface area contributed by atoms with Crippen molar-refractivity contribution in [2.24, 2.45) is 17.6 Å². The zero-order valence-electron chi connectivity index (χ0n) is 11.0. The Bertz CT molecular complexity index is 624. The van der Waals surface area contributed by atoms with Crippen molar-refractivity contribution in [1.82, 2.24) is 10.1 Å². The molecule has 2 aliphatic rings. The van der Waals surface area contributed by atoms with Crippen LogP contribution in [0.5, 0.6) is 0 Å². The number of nitrogens with zero attached hydrogens (tertiary/aromatic N) is 2. The van der Waals surface area contributed by atoms with Crippen LogP contribution >= 0.6 is 15.9 Å². The van der Waals surface area contributed by atoms with E-state index in [2.05, 4.69) is 38.2 Å². The summed E-state index contributed by atoms with van der Waals surface area (Å²) in [6.45, 7) is 0. The first-order valence-electron chi connectivity index (χ1n) is 7.03. The lowest BCUT2D eigenvalue weighted by Gasteiger charge is -2.07. The van der Waals surface area contributed by atoms with E-state index in [0.29, 0.717) is 30.2 Å². The van der Waals surface area contributed by atoms with E-state index in [1.807, 2.05) is 12.1 Å². The molecule has 104 valence electrons. The lowest BCUT2D eigenvalue weighted by molar-refractivity contribution is 0.338. The van der Waals surface area contributed by atoms with Crippen LogP contribution in [0, 0.1) is 11.8 Å². The predicted octanol–water partition coefficient (Wildman–Crippen LogP) is 2.87. The highest BCUT2D eigenvalue weighted by molar-refractivity contribution is 9.10. The molecule has 4 rings (SSSR count). The van der Waals surface area contributed by atoms with Gasteiger partial charge >= 0.3 is 0 Å². The molecule has 20 heavy (non-hydrogen) atoms. The van der Waals surface area contributed by atoms with Gasteiger partial charge < -0.3 is 10.3 Å². The Kier molecular flexibility index (Phi) is 2.93. The Morgan fingerprint density at radius 2 is 2.00 bits per heavy atom. The smallest absolute Gasteiger partial charge is 0.230 e.